The van der Waals surface area contributed by atoms with Crippen molar-refractivity contribution in [3.05, 3.63) is 30.0 Å². The standard InChI is InChI=1S/C18H23N3O4/c1-12-9-21(10-13(2)25-12)11-14(8-19)18(22)20-16-7-15(23-3)5-6-17(16)24-4/h5-7,11-13H,9-10H2,1-4H3,(H,20,22)/b14-11-. The number of amides is 1. The van der Waals surface area contributed by atoms with Crippen LogP contribution in [0.4, 0.5) is 5.69 Å². The number of rotatable bonds is 5. The number of nitrogens with zero attached hydrogens (tertiary/aromatic N) is 2. The third-order valence-corrected chi connectivity index (χ3v) is 3.78. The monoisotopic (exact) mass is 345 g/mol. The number of nitriles is 1. The van der Waals surface area contributed by atoms with Crippen LogP contribution in [-0.2, 0) is 9.53 Å². The molecule has 0 aliphatic carbocycles. The third-order valence-electron chi connectivity index (χ3n) is 3.78. The molecular weight excluding hydrogens is 322 g/mol. The van der Waals surface area contributed by atoms with Crippen LogP contribution in [0.5, 0.6) is 11.5 Å². The molecule has 1 N–H and O–H groups in total. The molecule has 1 aliphatic rings. The summed E-state index contributed by atoms with van der Waals surface area (Å²) in [6.45, 7) is 5.18. The van der Waals surface area contributed by atoms with Gasteiger partial charge in [-0.3, -0.25) is 4.79 Å². The molecule has 1 saturated heterocycles. The summed E-state index contributed by atoms with van der Waals surface area (Å²) in [6, 6.07) is 7.02. The minimum absolute atomic E-state index is 0.0196. The molecule has 1 heterocycles. The lowest BCUT2D eigenvalue weighted by Crippen LogP contribution is -2.43. The SMILES string of the molecule is COc1ccc(OC)c(NC(=O)/C(C#N)=C\N2CC(C)OC(C)C2)c1. The van der Waals surface area contributed by atoms with E-state index in [0.717, 1.165) is 0 Å². The molecule has 0 saturated carbocycles. The Morgan fingerprint density at radius 3 is 2.56 bits per heavy atom. The van der Waals surface area contributed by atoms with Gasteiger partial charge >= 0.3 is 0 Å². The van der Waals surface area contributed by atoms with Gasteiger partial charge in [-0.2, -0.15) is 5.26 Å². The van der Waals surface area contributed by atoms with Gasteiger partial charge in [-0.05, 0) is 26.0 Å². The summed E-state index contributed by atoms with van der Waals surface area (Å²) in [6.07, 6.45) is 1.67. The molecule has 0 aromatic heterocycles. The first-order chi connectivity index (χ1) is 12.0. The van der Waals surface area contributed by atoms with E-state index in [9.17, 15) is 10.1 Å². The molecule has 1 aromatic rings. The van der Waals surface area contributed by atoms with Gasteiger partial charge in [-0.15, -0.1) is 0 Å². The van der Waals surface area contributed by atoms with Crippen molar-refractivity contribution in [1.82, 2.24) is 4.90 Å². The second-order valence-corrected chi connectivity index (χ2v) is 5.89. The number of carbonyl (C=O) groups is 1. The highest BCUT2D eigenvalue weighted by Gasteiger charge is 2.22. The molecule has 1 aromatic carbocycles. The molecule has 0 bridgehead atoms. The Balaban J connectivity index is 2.18. The molecular formula is C18H23N3O4. The number of morpholine rings is 1. The number of hydrogen-bond donors (Lipinski definition) is 1. The van der Waals surface area contributed by atoms with E-state index < -0.39 is 5.91 Å². The Morgan fingerprint density at radius 2 is 2.00 bits per heavy atom. The number of nitrogens with one attached hydrogen (secondary N) is 1. The highest BCUT2D eigenvalue weighted by Crippen LogP contribution is 2.29. The summed E-state index contributed by atoms with van der Waals surface area (Å²) < 4.78 is 16.1. The largest absolute Gasteiger partial charge is 0.497 e. The van der Waals surface area contributed by atoms with Gasteiger partial charge in [0.15, 0.2) is 0 Å². The number of methoxy groups -OCH3 is 2. The van der Waals surface area contributed by atoms with Crippen LogP contribution in [-0.4, -0.2) is 50.3 Å². The van der Waals surface area contributed by atoms with Gasteiger partial charge in [0.1, 0.15) is 23.1 Å². The second-order valence-electron chi connectivity index (χ2n) is 5.89. The van der Waals surface area contributed by atoms with Crippen LogP contribution in [0.3, 0.4) is 0 Å². The van der Waals surface area contributed by atoms with E-state index >= 15 is 0 Å². The molecule has 1 fully saturated rings. The van der Waals surface area contributed by atoms with Gasteiger partial charge in [0.05, 0.1) is 32.1 Å². The van der Waals surface area contributed by atoms with E-state index in [1.54, 1.807) is 24.4 Å². The fourth-order valence-corrected chi connectivity index (χ4v) is 2.75. The number of anilines is 1. The summed E-state index contributed by atoms with van der Waals surface area (Å²) in [5.74, 6) is 0.565. The summed E-state index contributed by atoms with van der Waals surface area (Å²) in [7, 11) is 3.05. The Labute approximate surface area is 147 Å². The highest BCUT2D eigenvalue weighted by molar-refractivity contribution is 6.07. The van der Waals surface area contributed by atoms with Crippen molar-refractivity contribution in [2.24, 2.45) is 0 Å². The zero-order valence-electron chi connectivity index (χ0n) is 14.9. The molecule has 7 nitrogen and oxygen atoms in total. The van der Waals surface area contributed by atoms with Crippen LogP contribution in [0.25, 0.3) is 0 Å². The summed E-state index contributed by atoms with van der Waals surface area (Å²) in [4.78, 5) is 14.4. The fraction of sp³-hybridized carbons (Fsp3) is 0.444. The average Bonchev–Trinajstić information content (AvgIpc) is 2.58. The molecule has 2 rings (SSSR count). The first-order valence-corrected chi connectivity index (χ1v) is 8.01. The average molecular weight is 345 g/mol. The van der Waals surface area contributed by atoms with Crippen molar-refractivity contribution in [2.45, 2.75) is 26.1 Å². The fourth-order valence-electron chi connectivity index (χ4n) is 2.75. The van der Waals surface area contributed by atoms with Gasteiger partial charge in [0.2, 0.25) is 0 Å². The Kier molecular flexibility index (Phi) is 6.25. The van der Waals surface area contributed by atoms with Crippen molar-refractivity contribution in [3.8, 4) is 17.6 Å². The predicted molar refractivity (Wildman–Crippen MR) is 93.5 cm³/mol. The van der Waals surface area contributed by atoms with Crippen molar-refractivity contribution in [1.29, 1.82) is 5.26 Å². The van der Waals surface area contributed by atoms with Crippen molar-refractivity contribution in [2.75, 3.05) is 32.6 Å². The maximum atomic E-state index is 12.5. The van der Waals surface area contributed by atoms with E-state index in [1.807, 2.05) is 24.8 Å². The smallest absolute Gasteiger partial charge is 0.267 e. The van der Waals surface area contributed by atoms with Crippen molar-refractivity contribution >= 4 is 11.6 Å². The minimum atomic E-state index is -0.499. The van der Waals surface area contributed by atoms with Crippen molar-refractivity contribution < 1.29 is 19.0 Å². The van der Waals surface area contributed by atoms with Gasteiger partial charge in [-0.1, -0.05) is 0 Å². The van der Waals surface area contributed by atoms with E-state index in [-0.39, 0.29) is 17.8 Å². The quantitative estimate of drug-likeness (QED) is 0.650. The highest BCUT2D eigenvalue weighted by atomic mass is 16.5. The van der Waals surface area contributed by atoms with Gasteiger partial charge in [0.25, 0.3) is 5.91 Å². The van der Waals surface area contributed by atoms with Crippen LogP contribution in [0.2, 0.25) is 0 Å². The Hall–Kier alpha value is -2.72. The van der Waals surface area contributed by atoms with Crippen LogP contribution < -0.4 is 14.8 Å². The Bertz CT molecular complexity index is 686. The van der Waals surface area contributed by atoms with Gasteiger partial charge in [-0.25, -0.2) is 0 Å². The van der Waals surface area contributed by atoms with E-state index in [0.29, 0.717) is 30.3 Å². The first kappa shape index (κ1) is 18.6. The lowest BCUT2D eigenvalue weighted by atomic mass is 10.2. The minimum Gasteiger partial charge on any atom is -0.497 e. The second kappa shape index (κ2) is 8.40. The number of carbonyl (C=O) groups excluding carboxylic acids is 1. The van der Waals surface area contributed by atoms with Crippen LogP contribution >= 0.6 is 0 Å². The lowest BCUT2D eigenvalue weighted by Gasteiger charge is -2.34. The van der Waals surface area contributed by atoms with E-state index in [4.69, 9.17) is 14.2 Å². The first-order valence-electron chi connectivity index (χ1n) is 8.01. The Morgan fingerprint density at radius 1 is 1.32 bits per heavy atom. The molecule has 2 atom stereocenters. The summed E-state index contributed by atoms with van der Waals surface area (Å²) >= 11 is 0. The van der Waals surface area contributed by atoms with Crippen LogP contribution in [0, 0.1) is 11.3 Å². The molecule has 1 amide bonds. The van der Waals surface area contributed by atoms with Crippen LogP contribution in [0.15, 0.2) is 30.0 Å². The van der Waals surface area contributed by atoms with Crippen molar-refractivity contribution in [3.63, 3.8) is 0 Å². The van der Waals surface area contributed by atoms with E-state index in [1.165, 1.54) is 14.2 Å². The number of benzene rings is 1. The van der Waals surface area contributed by atoms with Gasteiger partial charge < -0.3 is 24.4 Å². The summed E-state index contributed by atoms with van der Waals surface area (Å²) in [5, 5.41) is 12.1. The molecule has 0 radical (unpaired) electrons. The molecule has 0 spiro atoms. The van der Waals surface area contributed by atoms with E-state index in [2.05, 4.69) is 5.32 Å². The molecule has 25 heavy (non-hydrogen) atoms. The number of ether oxygens (including phenoxy) is 3. The summed E-state index contributed by atoms with van der Waals surface area (Å²) in [5.41, 5.74) is 0.461. The topological polar surface area (TPSA) is 83.8 Å². The van der Waals surface area contributed by atoms with Crippen LogP contribution in [0.1, 0.15) is 13.8 Å². The molecule has 1 aliphatic heterocycles. The molecule has 7 heteroatoms. The lowest BCUT2D eigenvalue weighted by molar-refractivity contribution is -0.112. The van der Waals surface area contributed by atoms with Gasteiger partial charge in [0, 0.05) is 25.4 Å². The molecule has 134 valence electrons. The third kappa shape index (κ3) is 4.88. The maximum absolute atomic E-state index is 12.5. The zero-order valence-corrected chi connectivity index (χ0v) is 14.9. The predicted octanol–water partition coefficient (Wildman–Crippen LogP) is 2.16. The number of hydrogen-bond acceptors (Lipinski definition) is 6. The maximum Gasteiger partial charge on any atom is 0.267 e. The molecule has 2 unspecified atom stereocenters. The normalized spacial score (nSPS) is 20.6. The zero-order chi connectivity index (χ0) is 18.4.